The molecule has 0 saturated carbocycles. The molecule has 0 aliphatic carbocycles. The van der Waals surface area contributed by atoms with Crippen molar-refractivity contribution in [3.05, 3.63) is 22.1 Å². The quantitative estimate of drug-likeness (QED) is 0.776. The fraction of sp³-hybridized carbons (Fsp3) is 0.556. The summed E-state index contributed by atoms with van der Waals surface area (Å²) in [4.78, 5) is 17.9. The van der Waals surface area contributed by atoms with Gasteiger partial charge in [-0.3, -0.25) is 4.79 Å². The van der Waals surface area contributed by atoms with Crippen LogP contribution in [0.5, 0.6) is 0 Å². The summed E-state index contributed by atoms with van der Waals surface area (Å²) in [6.07, 6.45) is 0.630. The second-order valence-corrected chi connectivity index (χ2v) is 7.35. The van der Waals surface area contributed by atoms with Gasteiger partial charge in [0, 0.05) is 17.0 Å². The molecule has 1 N–H and O–H groups in total. The predicted octanol–water partition coefficient (Wildman–Crippen LogP) is 0.358. The van der Waals surface area contributed by atoms with Gasteiger partial charge in [-0.25, -0.2) is 13.4 Å². The number of hydrogen-bond donors (Lipinski definition) is 1. The van der Waals surface area contributed by atoms with Crippen LogP contribution < -0.4 is 5.56 Å². The summed E-state index contributed by atoms with van der Waals surface area (Å²) in [7, 11) is -2.88. The summed E-state index contributed by atoms with van der Waals surface area (Å²) < 4.78 is 22.5. The molecule has 1 aliphatic heterocycles. The maximum atomic E-state index is 11.3. The molecule has 1 fully saturated rings. The normalized spacial score (nSPS) is 23.4. The summed E-state index contributed by atoms with van der Waals surface area (Å²) in [5.74, 6) is 0.413. The van der Waals surface area contributed by atoms with E-state index in [2.05, 4.69) is 9.97 Å². The molecule has 2 rings (SSSR count). The smallest absolute Gasteiger partial charge is 0.251 e. The van der Waals surface area contributed by atoms with E-state index in [-0.39, 0.29) is 22.3 Å². The summed E-state index contributed by atoms with van der Waals surface area (Å²) in [6.45, 7) is 1.74. The van der Waals surface area contributed by atoms with Gasteiger partial charge in [0.1, 0.15) is 0 Å². The Morgan fingerprint density at radius 2 is 2.31 bits per heavy atom. The molecule has 1 atom stereocenters. The first-order chi connectivity index (χ1) is 7.44. The fourth-order valence-electron chi connectivity index (χ4n) is 1.62. The maximum absolute atomic E-state index is 11.3. The van der Waals surface area contributed by atoms with Crippen molar-refractivity contribution in [1.29, 1.82) is 0 Å². The van der Waals surface area contributed by atoms with E-state index in [9.17, 15) is 13.2 Å². The van der Waals surface area contributed by atoms with Crippen molar-refractivity contribution in [2.45, 2.75) is 23.8 Å². The molecule has 1 saturated heterocycles. The third-order valence-corrected chi connectivity index (χ3v) is 5.45. The highest BCUT2D eigenvalue weighted by atomic mass is 32.2. The molecule has 0 unspecified atom stereocenters. The van der Waals surface area contributed by atoms with Crippen LogP contribution in [0, 0.1) is 6.92 Å². The molecule has 7 heteroatoms. The first-order valence-electron chi connectivity index (χ1n) is 4.90. The Bertz CT molecular complexity index is 550. The summed E-state index contributed by atoms with van der Waals surface area (Å²) in [5.41, 5.74) is 0.447. The Labute approximate surface area is 97.6 Å². The molecular weight excluding hydrogens is 248 g/mol. The van der Waals surface area contributed by atoms with Crippen molar-refractivity contribution in [2.75, 3.05) is 11.5 Å². The number of nitrogens with one attached hydrogen (secondary N) is 1. The van der Waals surface area contributed by atoms with E-state index in [1.807, 2.05) is 0 Å². The second kappa shape index (κ2) is 4.21. The van der Waals surface area contributed by atoms with Gasteiger partial charge < -0.3 is 4.98 Å². The number of H-pyrrole nitrogens is 1. The van der Waals surface area contributed by atoms with E-state index in [0.717, 1.165) is 0 Å². The average molecular weight is 260 g/mol. The zero-order valence-corrected chi connectivity index (χ0v) is 10.4. The van der Waals surface area contributed by atoms with Gasteiger partial charge in [-0.05, 0) is 13.3 Å². The second-order valence-electron chi connectivity index (χ2n) is 3.83. The third-order valence-electron chi connectivity index (χ3n) is 2.32. The van der Waals surface area contributed by atoms with Gasteiger partial charge in [-0.2, -0.15) is 0 Å². The van der Waals surface area contributed by atoms with E-state index in [1.165, 1.54) is 17.8 Å². The Morgan fingerprint density at radius 3 is 2.88 bits per heavy atom. The lowest BCUT2D eigenvalue weighted by Gasteiger charge is -2.06. The van der Waals surface area contributed by atoms with Gasteiger partial charge in [0.05, 0.1) is 11.5 Å². The van der Waals surface area contributed by atoms with Crippen LogP contribution in [0.2, 0.25) is 0 Å². The zero-order chi connectivity index (χ0) is 11.8. The van der Waals surface area contributed by atoms with Gasteiger partial charge in [0.15, 0.2) is 15.0 Å². The molecule has 1 aromatic heterocycles. The Kier molecular flexibility index (Phi) is 3.07. The molecule has 1 aliphatic rings. The Morgan fingerprint density at radius 1 is 1.56 bits per heavy atom. The largest absolute Gasteiger partial charge is 0.301 e. The number of hydrogen-bond acceptors (Lipinski definition) is 5. The van der Waals surface area contributed by atoms with Crippen molar-refractivity contribution in [1.82, 2.24) is 9.97 Å². The Balaban J connectivity index is 2.13. The van der Waals surface area contributed by atoms with E-state index in [1.54, 1.807) is 6.92 Å². The van der Waals surface area contributed by atoms with Crippen molar-refractivity contribution < 1.29 is 8.42 Å². The number of aryl methyl sites for hydroxylation is 1. The van der Waals surface area contributed by atoms with Crippen LogP contribution in [0.25, 0.3) is 0 Å². The molecule has 0 bridgehead atoms. The zero-order valence-electron chi connectivity index (χ0n) is 8.76. The van der Waals surface area contributed by atoms with Crippen LogP contribution in [0.15, 0.2) is 16.0 Å². The predicted molar refractivity (Wildman–Crippen MR) is 62.5 cm³/mol. The lowest BCUT2D eigenvalue weighted by atomic mass is 10.4. The standard InChI is InChI=1S/C9H12N2O3S2/c1-6-4-8(12)11-9(10-6)15-7-2-3-16(13,14)5-7/h4,7H,2-3,5H2,1H3,(H,10,11,12)/t7-/m0/s1. The monoisotopic (exact) mass is 260 g/mol. The van der Waals surface area contributed by atoms with Crippen molar-refractivity contribution in [3.63, 3.8) is 0 Å². The van der Waals surface area contributed by atoms with E-state index < -0.39 is 9.84 Å². The Hall–Kier alpha value is -0.820. The lowest BCUT2D eigenvalue weighted by molar-refractivity contribution is 0.602. The number of aromatic nitrogens is 2. The molecule has 2 heterocycles. The molecule has 16 heavy (non-hydrogen) atoms. The van der Waals surface area contributed by atoms with E-state index >= 15 is 0 Å². The van der Waals surface area contributed by atoms with Gasteiger partial charge in [0.25, 0.3) is 5.56 Å². The van der Waals surface area contributed by atoms with Gasteiger partial charge >= 0.3 is 0 Å². The number of aromatic amines is 1. The molecule has 0 aromatic carbocycles. The fourth-order valence-corrected chi connectivity index (χ4v) is 5.11. The highest BCUT2D eigenvalue weighted by Crippen LogP contribution is 2.28. The SMILES string of the molecule is Cc1cc(=O)[nH]c(S[C@H]2CCS(=O)(=O)C2)n1. The third kappa shape index (κ3) is 2.85. The van der Waals surface area contributed by atoms with Gasteiger partial charge in [0.2, 0.25) is 0 Å². The maximum Gasteiger partial charge on any atom is 0.251 e. The molecule has 1 aromatic rings. The molecule has 0 radical (unpaired) electrons. The minimum Gasteiger partial charge on any atom is -0.301 e. The minimum atomic E-state index is -2.88. The number of rotatable bonds is 2. The number of sulfone groups is 1. The van der Waals surface area contributed by atoms with Crippen LogP contribution >= 0.6 is 11.8 Å². The van der Waals surface area contributed by atoms with Crippen LogP contribution in [0.4, 0.5) is 0 Å². The van der Waals surface area contributed by atoms with E-state index in [4.69, 9.17) is 0 Å². The van der Waals surface area contributed by atoms with Crippen molar-refractivity contribution in [2.24, 2.45) is 0 Å². The average Bonchev–Trinajstić information content (AvgIpc) is 2.43. The molecule has 5 nitrogen and oxygen atoms in total. The summed E-state index contributed by atoms with van der Waals surface area (Å²) >= 11 is 1.34. The highest BCUT2D eigenvalue weighted by molar-refractivity contribution is 8.01. The highest BCUT2D eigenvalue weighted by Gasteiger charge is 2.29. The van der Waals surface area contributed by atoms with Crippen LogP contribution in [0.1, 0.15) is 12.1 Å². The van der Waals surface area contributed by atoms with Gasteiger partial charge in [-0.15, -0.1) is 0 Å². The summed E-state index contributed by atoms with van der Waals surface area (Å²) in [5, 5.41) is 0.516. The first-order valence-corrected chi connectivity index (χ1v) is 7.60. The summed E-state index contributed by atoms with van der Waals surface area (Å²) in [6, 6.07) is 1.41. The lowest BCUT2D eigenvalue weighted by Crippen LogP contribution is -2.11. The number of nitrogens with zero attached hydrogens (tertiary/aromatic N) is 1. The molecule has 0 spiro atoms. The topological polar surface area (TPSA) is 79.9 Å². The van der Waals surface area contributed by atoms with E-state index in [0.29, 0.717) is 17.3 Å². The minimum absolute atomic E-state index is 0.00921. The van der Waals surface area contributed by atoms with Gasteiger partial charge in [-0.1, -0.05) is 11.8 Å². The molecule has 88 valence electrons. The van der Waals surface area contributed by atoms with Crippen LogP contribution in [0.3, 0.4) is 0 Å². The number of thioether (sulfide) groups is 1. The first kappa shape index (κ1) is 11.7. The van der Waals surface area contributed by atoms with Crippen LogP contribution in [-0.2, 0) is 9.84 Å². The molecular formula is C9H12N2O3S2. The van der Waals surface area contributed by atoms with Crippen molar-refractivity contribution in [3.8, 4) is 0 Å². The van der Waals surface area contributed by atoms with Crippen molar-refractivity contribution >= 4 is 21.6 Å². The van der Waals surface area contributed by atoms with Crippen LogP contribution in [-0.4, -0.2) is 35.1 Å². The molecule has 0 amide bonds.